The number of rotatable bonds is 6. The molecule has 0 bridgehead atoms. The number of hydrogen-bond acceptors (Lipinski definition) is 4. The molecule has 0 saturated carbocycles. The number of likely N-dealkylation sites (tertiary alicyclic amines) is 1. The van der Waals surface area contributed by atoms with Crippen LogP contribution >= 0.6 is 11.8 Å². The van der Waals surface area contributed by atoms with Crippen LogP contribution in [0.15, 0.2) is 96.7 Å². The van der Waals surface area contributed by atoms with E-state index in [4.69, 9.17) is 0 Å². The van der Waals surface area contributed by atoms with E-state index in [9.17, 15) is 9.59 Å². The zero-order valence-corrected chi connectivity index (χ0v) is 20.4. The van der Waals surface area contributed by atoms with E-state index in [0.717, 1.165) is 29.4 Å². The van der Waals surface area contributed by atoms with E-state index in [1.165, 1.54) is 11.8 Å². The van der Waals surface area contributed by atoms with E-state index < -0.39 is 0 Å². The zero-order valence-electron chi connectivity index (χ0n) is 19.6. The highest BCUT2D eigenvalue weighted by atomic mass is 32.2. The minimum atomic E-state index is -0.272. The molecule has 3 amide bonds. The first-order valence-corrected chi connectivity index (χ1v) is 12.7. The number of nitrogens with one attached hydrogen (secondary N) is 1. The summed E-state index contributed by atoms with van der Waals surface area (Å²) in [6.07, 6.45) is 9.16. The monoisotopic (exact) mass is 486 g/mol. The Morgan fingerprint density at radius 2 is 1.77 bits per heavy atom. The number of imide groups is 1. The molecule has 1 fully saturated rings. The second-order valence-electron chi connectivity index (χ2n) is 8.72. The number of anilines is 1. The van der Waals surface area contributed by atoms with Crippen LogP contribution in [-0.2, 0) is 4.79 Å². The Morgan fingerprint density at radius 3 is 2.51 bits per heavy atom. The molecule has 0 spiro atoms. The second-order valence-corrected chi connectivity index (χ2v) is 9.66. The Kier molecular flexibility index (Phi) is 6.57. The molecule has 4 aromatic rings. The Hall–Kier alpha value is -3.62. The molecule has 178 valence electrons. The van der Waals surface area contributed by atoms with Crippen molar-refractivity contribution in [2.45, 2.75) is 31.0 Å². The van der Waals surface area contributed by atoms with E-state index in [2.05, 4.69) is 10.3 Å². The highest BCUT2D eigenvalue weighted by Crippen LogP contribution is 2.32. The van der Waals surface area contributed by atoms with Gasteiger partial charge in [-0.1, -0.05) is 42.1 Å². The lowest BCUT2D eigenvalue weighted by Crippen LogP contribution is -2.61. The Balaban J connectivity index is 1.37. The third-order valence-corrected chi connectivity index (χ3v) is 7.64. The summed E-state index contributed by atoms with van der Waals surface area (Å²) in [4.78, 5) is 31.9. The molecule has 2 atom stereocenters. The predicted molar refractivity (Wildman–Crippen MR) is 138 cm³/mol. The second kappa shape index (κ2) is 9.93. The number of amides is 3. The number of carbonyl (C=O) groups excluding carboxylic acids is 2. The first-order valence-electron chi connectivity index (χ1n) is 11.8. The van der Waals surface area contributed by atoms with Crippen molar-refractivity contribution in [1.29, 1.82) is 0 Å². The number of aromatic nitrogens is 3. The number of nitrogens with zero attached hydrogens (tertiary/aromatic N) is 4. The molecule has 1 N–H and O–H groups in total. The van der Waals surface area contributed by atoms with Crippen LogP contribution in [0.5, 0.6) is 0 Å². The van der Waals surface area contributed by atoms with Gasteiger partial charge in [0.05, 0.1) is 17.9 Å². The first kappa shape index (κ1) is 23.1. The van der Waals surface area contributed by atoms with E-state index in [1.54, 1.807) is 6.20 Å². The Morgan fingerprint density at radius 1 is 1.03 bits per heavy atom. The zero-order chi connectivity index (χ0) is 24.3. The molecule has 0 radical (unpaired) electrons. The Bertz CT molecular complexity index is 1320. The van der Waals surface area contributed by atoms with Gasteiger partial charge in [0.25, 0.3) is 0 Å². The standard InChI is InChI=1S/C27H27N5O2S/c1-21-10-9-19-32(21,27(34)29-23-13-5-6-14-24(23)30-16-7-8-17-30)25(33)20-35-26-28-15-18-31(26)22-11-3-2-4-12-22/h2-8,11-18,21H,9-10,19-20H2,1H3/p+1/t21-,32?/m1/s1. The predicted octanol–water partition coefficient (Wildman–Crippen LogP) is 5.51. The molecule has 3 heterocycles. The molecule has 1 saturated heterocycles. The average molecular weight is 487 g/mol. The largest absolute Gasteiger partial charge is 0.428 e. The fourth-order valence-electron chi connectivity index (χ4n) is 4.80. The maximum absolute atomic E-state index is 13.8. The number of urea groups is 1. The summed E-state index contributed by atoms with van der Waals surface area (Å²) in [6, 6.07) is 21.1. The number of carbonyl (C=O) groups is 2. The minimum Gasteiger partial charge on any atom is -0.322 e. The molecule has 5 rings (SSSR count). The van der Waals surface area contributed by atoms with E-state index >= 15 is 0 Å². The molecular formula is C27H28N5O2S+. The van der Waals surface area contributed by atoms with Gasteiger partial charge in [-0.25, -0.2) is 14.6 Å². The maximum Gasteiger partial charge on any atom is 0.428 e. The lowest BCUT2D eigenvalue weighted by molar-refractivity contribution is -0.781. The Labute approximate surface area is 209 Å². The van der Waals surface area contributed by atoms with Crippen molar-refractivity contribution in [3.05, 3.63) is 91.5 Å². The third kappa shape index (κ3) is 4.42. The van der Waals surface area contributed by atoms with Gasteiger partial charge in [-0.05, 0) is 43.3 Å². The van der Waals surface area contributed by atoms with Crippen molar-refractivity contribution < 1.29 is 14.1 Å². The molecule has 35 heavy (non-hydrogen) atoms. The molecule has 2 aromatic carbocycles. The van der Waals surface area contributed by atoms with Gasteiger partial charge in [0, 0.05) is 43.3 Å². The summed E-state index contributed by atoms with van der Waals surface area (Å²) in [5.41, 5.74) is 2.53. The topological polar surface area (TPSA) is 68.9 Å². The third-order valence-electron chi connectivity index (χ3n) is 6.69. The summed E-state index contributed by atoms with van der Waals surface area (Å²) >= 11 is 1.37. The van der Waals surface area contributed by atoms with Crippen LogP contribution in [0.25, 0.3) is 11.4 Å². The normalized spacial score (nSPS) is 19.5. The summed E-state index contributed by atoms with van der Waals surface area (Å²) in [5, 5.41) is 3.81. The summed E-state index contributed by atoms with van der Waals surface area (Å²) in [5.74, 6) is 0.0690. The van der Waals surface area contributed by atoms with Crippen LogP contribution in [0, 0.1) is 0 Å². The molecule has 2 aromatic heterocycles. The molecule has 0 aliphatic carbocycles. The molecule has 1 unspecified atom stereocenters. The number of para-hydroxylation sites is 3. The van der Waals surface area contributed by atoms with Crippen molar-refractivity contribution in [2.75, 3.05) is 17.6 Å². The number of imidazole rings is 1. The smallest absolute Gasteiger partial charge is 0.322 e. The van der Waals surface area contributed by atoms with Gasteiger partial charge in [-0.2, -0.15) is 4.48 Å². The van der Waals surface area contributed by atoms with Gasteiger partial charge < -0.3 is 4.57 Å². The highest BCUT2D eigenvalue weighted by molar-refractivity contribution is 7.99. The van der Waals surface area contributed by atoms with Crippen LogP contribution in [-0.4, -0.2) is 48.9 Å². The molecule has 1 aliphatic heterocycles. The van der Waals surface area contributed by atoms with Crippen LogP contribution in [0.4, 0.5) is 10.5 Å². The van der Waals surface area contributed by atoms with Crippen molar-refractivity contribution in [3.63, 3.8) is 0 Å². The van der Waals surface area contributed by atoms with Gasteiger partial charge in [0.2, 0.25) is 0 Å². The summed E-state index contributed by atoms with van der Waals surface area (Å²) < 4.78 is 3.72. The summed E-state index contributed by atoms with van der Waals surface area (Å²) in [6.45, 7) is 2.50. The van der Waals surface area contributed by atoms with Gasteiger partial charge >= 0.3 is 11.9 Å². The first-order chi connectivity index (χ1) is 17.1. The van der Waals surface area contributed by atoms with Crippen molar-refractivity contribution in [2.24, 2.45) is 0 Å². The van der Waals surface area contributed by atoms with Crippen LogP contribution in [0.1, 0.15) is 19.8 Å². The van der Waals surface area contributed by atoms with Gasteiger partial charge in [0.15, 0.2) is 5.16 Å². The van der Waals surface area contributed by atoms with Crippen LogP contribution < -0.4 is 5.32 Å². The summed E-state index contributed by atoms with van der Waals surface area (Å²) in [7, 11) is 0. The van der Waals surface area contributed by atoms with E-state index in [0.29, 0.717) is 12.2 Å². The number of benzene rings is 2. The molecule has 7 nitrogen and oxygen atoms in total. The van der Waals surface area contributed by atoms with Crippen molar-refractivity contribution in [1.82, 2.24) is 14.1 Å². The average Bonchev–Trinajstić information content (AvgIpc) is 3.65. The fraction of sp³-hybridized carbons (Fsp3) is 0.222. The number of quaternary nitrogens is 1. The molecular weight excluding hydrogens is 458 g/mol. The minimum absolute atomic E-state index is 0.0873. The highest BCUT2D eigenvalue weighted by Gasteiger charge is 2.52. The fourth-order valence-corrected chi connectivity index (χ4v) is 5.72. The SMILES string of the molecule is C[C@@H]1CCC[N+]1(C(=O)CSc1nccn1-c1ccccc1)C(=O)Nc1ccccc1-n1cccc1. The molecule has 1 aliphatic rings. The van der Waals surface area contributed by atoms with E-state index in [1.807, 2.05) is 101 Å². The van der Waals surface area contributed by atoms with Gasteiger partial charge in [-0.3, -0.25) is 9.88 Å². The number of thioether (sulfide) groups is 1. The number of hydrogen-bond donors (Lipinski definition) is 1. The van der Waals surface area contributed by atoms with Crippen molar-refractivity contribution in [3.8, 4) is 11.4 Å². The van der Waals surface area contributed by atoms with Crippen molar-refractivity contribution >= 4 is 29.4 Å². The van der Waals surface area contributed by atoms with Gasteiger partial charge in [0.1, 0.15) is 11.8 Å². The quantitative estimate of drug-likeness (QED) is 0.288. The molecule has 8 heteroatoms. The van der Waals surface area contributed by atoms with Crippen LogP contribution in [0.2, 0.25) is 0 Å². The maximum atomic E-state index is 13.8. The van der Waals surface area contributed by atoms with E-state index in [-0.39, 0.29) is 28.2 Å². The van der Waals surface area contributed by atoms with Crippen LogP contribution in [0.3, 0.4) is 0 Å². The lowest BCUT2D eigenvalue weighted by Gasteiger charge is -2.33. The van der Waals surface area contributed by atoms with Gasteiger partial charge in [-0.15, -0.1) is 0 Å². The lowest BCUT2D eigenvalue weighted by atomic mass is 10.2.